The van der Waals surface area contributed by atoms with Crippen molar-refractivity contribution in [3.8, 4) is 0 Å². The Bertz CT molecular complexity index is 671. The average molecular weight is 329 g/mol. The Morgan fingerprint density at radius 2 is 2.17 bits per heavy atom. The third-order valence-electron chi connectivity index (χ3n) is 4.61. The number of nitrogens with zero attached hydrogens (tertiary/aromatic N) is 2. The van der Waals surface area contributed by atoms with Gasteiger partial charge in [0.25, 0.3) is 0 Å². The molecule has 1 aromatic rings. The van der Waals surface area contributed by atoms with Crippen LogP contribution in [0.5, 0.6) is 0 Å². The summed E-state index contributed by atoms with van der Waals surface area (Å²) in [4.78, 5) is 28.6. The van der Waals surface area contributed by atoms with Crippen LogP contribution in [0.1, 0.15) is 13.3 Å². The molecule has 1 atom stereocenters. The van der Waals surface area contributed by atoms with Gasteiger partial charge < -0.3 is 10.1 Å². The number of ether oxygens (including phenoxy) is 1. The van der Waals surface area contributed by atoms with Gasteiger partial charge in [0, 0.05) is 20.2 Å². The minimum atomic E-state index is -0.274. The van der Waals surface area contributed by atoms with Crippen LogP contribution in [0.15, 0.2) is 35.9 Å². The summed E-state index contributed by atoms with van der Waals surface area (Å²) < 4.78 is 5.16. The fourth-order valence-corrected chi connectivity index (χ4v) is 3.21. The van der Waals surface area contributed by atoms with E-state index in [-0.39, 0.29) is 24.4 Å². The number of amides is 2. The monoisotopic (exact) mass is 329 g/mol. The maximum atomic E-state index is 13.0. The summed E-state index contributed by atoms with van der Waals surface area (Å²) in [6.45, 7) is 4.18. The van der Waals surface area contributed by atoms with Gasteiger partial charge in [-0.3, -0.25) is 19.4 Å². The lowest BCUT2D eigenvalue weighted by Crippen LogP contribution is -2.52. The van der Waals surface area contributed by atoms with Crippen LogP contribution in [0.25, 0.3) is 0 Å². The summed E-state index contributed by atoms with van der Waals surface area (Å²) in [5.41, 5.74) is 2.73. The van der Waals surface area contributed by atoms with Crippen molar-refractivity contribution in [3.05, 3.63) is 35.9 Å². The smallest absolute Gasteiger partial charge is 0.244 e. The van der Waals surface area contributed by atoms with Crippen molar-refractivity contribution in [3.63, 3.8) is 0 Å². The molecule has 1 N–H and O–H groups in total. The summed E-state index contributed by atoms with van der Waals surface area (Å²) in [6, 6.07) is 7.14. The summed E-state index contributed by atoms with van der Waals surface area (Å²) in [7, 11) is 1.69. The first kappa shape index (κ1) is 16.7. The van der Waals surface area contributed by atoms with E-state index in [4.69, 9.17) is 4.74 Å². The Morgan fingerprint density at radius 3 is 2.88 bits per heavy atom. The first-order valence-corrected chi connectivity index (χ1v) is 8.21. The zero-order valence-corrected chi connectivity index (χ0v) is 14.1. The highest BCUT2D eigenvalue weighted by Crippen LogP contribution is 2.30. The largest absolute Gasteiger partial charge is 0.380 e. The van der Waals surface area contributed by atoms with E-state index < -0.39 is 0 Å². The number of hydrogen-bond donors (Lipinski definition) is 1. The molecule has 1 aromatic carbocycles. The SMILES string of the molecule is COCC1=CCN([C@@H](C)C(=O)N2CC(=O)Nc3ccccc32)CC1. The van der Waals surface area contributed by atoms with Crippen LogP contribution in [0.3, 0.4) is 0 Å². The van der Waals surface area contributed by atoms with Crippen molar-refractivity contribution >= 4 is 23.2 Å². The third kappa shape index (κ3) is 3.34. The lowest BCUT2D eigenvalue weighted by molar-refractivity contribution is -0.125. The van der Waals surface area contributed by atoms with Crippen LogP contribution >= 0.6 is 0 Å². The quantitative estimate of drug-likeness (QED) is 0.853. The highest BCUT2D eigenvalue weighted by Gasteiger charge is 2.32. The van der Waals surface area contributed by atoms with Crippen molar-refractivity contribution in [1.82, 2.24) is 4.90 Å². The van der Waals surface area contributed by atoms with Gasteiger partial charge in [-0.1, -0.05) is 18.2 Å². The number of fused-ring (bicyclic) bond motifs is 1. The predicted octanol–water partition coefficient (Wildman–Crippen LogP) is 1.64. The van der Waals surface area contributed by atoms with Crippen LogP contribution in [0, 0.1) is 0 Å². The number of benzene rings is 1. The molecule has 0 unspecified atom stereocenters. The molecule has 0 spiro atoms. The standard InChI is InChI=1S/C18H23N3O3/c1-13(20-9-7-14(8-10-20)12-24-2)18(23)21-11-17(22)19-15-5-3-4-6-16(15)21/h3-7,13H,8-12H2,1-2H3,(H,19,22)/t13-/m0/s1. The highest BCUT2D eigenvalue weighted by molar-refractivity contribution is 6.11. The summed E-state index contributed by atoms with van der Waals surface area (Å²) in [6.07, 6.45) is 3.04. The molecule has 24 heavy (non-hydrogen) atoms. The Hall–Kier alpha value is -2.18. The molecule has 128 valence electrons. The van der Waals surface area contributed by atoms with E-state index in [1.54, 1.807) is 12.0 Å². The Kier molecular flexibility index (Phi) is 4.97. The molecule has 0 aliphatic carbocycles. The van der Waals surface area contributed by atoms with Gasteiger partial charge in [0.05, 0.1) is 24.0 Å². The molecule has 0 saturated heterocycles. The summed E-state index contributed by atoms with van der Waals surface area (Å²) in [5, 5.41) is 2.81. The number of anilines is 2. The zero-order chi connectivity index (χ0) is 17.1. The molecule has 2 aliphatic rings. The topological polar surface area (TPSA) is 61.9 Å². The Balaban J connectivity index is 1.74. The predicted molar refractivity (Wildman–Crippen MR) is 93.0 cm³/mol. The molecule has 2 amide bonds. The van der Waals surface area contributed by atoms with E-state index in [0.717, 1.165) is 25.2 Å². The fourth-order valence-electron chi connectivity index (χ4n) is 3.21. The molecule has 2 aliphatic heterocycles. The molecule has 0 aromatic heterocycles. The van der Waals surface area contributed by atoms with Crippen LogP contribution in [0.4, 0.5) is 11.4 Å². The average Bonchev–Trinajstić information content (AvgIpc) is 2.60. The van der Waals surface area contributed by atoms with E-state index in [1.807, 2.05) is 31.2 Å². The third-order valence-corrected chi connectivity index (χ3v) is 4.61. The van der Waals surface area contributed by atoms with Crippen molar-refractivity contribution in [2.45, 2.75) is 19.4 Å². The maximum Gasteiger partial charge on any atom is 0.244 e. The minimum absolute atomic E-state index is 0.0408. The second-order valence-corrected chi connectivity index (χ2v) is 6.21. The van der Waals surface area contributed by atoms with E-state index >= 15 is 0 Å². The number of carbonyl (C=O) groups excluding carboxylic acids is 2. The van der Waals surface area contributed by atoms with Gasteiger partial charge in [-0.15, -0.1) is 0 Å². The van der Waals surface area contributed by atoms with Crippen molar-refractivity contribution in [2.24, 2.45) is 0 Å². The number of carbonyl (C=O) groups is 2. The molecule has 0 saturated carbocycles. The Labute approximate surface area is 142 Å². The molecule has 3 rings (SSSR count). The van der Waals surface area contributed by atoms with Crippen molar-refractivity contribution < 1.29 is 14.3 Å². The number of rotatable bonds is 4. The zero-order valence-electron chi connectivity index (χ0n) is 14.1. The van der Waals surface area contributed by atoms with E-state index in [9.17, 15) is 9.59 Å². The first-order valence-electron chi connectivity index (χ1n) is 8.21. The van der Waals surface area contributed by atoms with E-state index in [1.165, 1.54) is 5.57 Å². The number of methoxy groups -OCH3 is 1. The highest BCUT2D eigenvalue weighted by atomic mass is 16.5. The summed E-state index contributed by atoms with van der Waals surface area (Å²) in [5.74, 6) is -0.198. The van der Waals surface area contributed by atoms with Gasteiger partial charge in [-0.2, -0.15) is 0 Å². The maximum absolute atomic E-state index is 13.0. The van der Waals surface area contributed by atoms with Gasteiger partial charge in [-0.05, 0) is 31.1 Å². The molecular weight excluding hydrogens is 306 g/mol. The van der Waals surface area contributed by atoms with Gasteiger partial charge >= 0.3 is 0 Å². The minimum Gasteiger partial charge on any atom is -0.380 e. The van der Waals surface area contributed by atoms with Crippen LogP contribution < -0.4 is 10.2 Å². The van der Waals surface area contributed by atoms with Crippen molar-refractivity contribution in [2.75, 3.05) is 43.6 Å². The van der Waals surface area contributed by atoms with Gasteiger partial charge in [-0.25, -0.2) is 0 Å². The van der Waals surface area contributed by atoms with Gasteiger partial charge in [0.15, 0.2) is 0 Å². The second kappa shape index (κ2) is 7.15. The Morgan fingerprint density at radius 1 is 1.38 bits per heavy atom. The van der Waals surface area contributed by atoms with Gasteiger partial charge in [0.1, 0.15) is 6.54 Å². The number of para-hydroxylation sites is 2. The lowest BCUT2D eigenvalue weighted by atomic mass is 10.1. The second-order valence-electron chi connectivity index (χ2n) is 6.21. The molecule has 0 radical (unpaired) electrons. The molecule has 6 nitrogen and oxygen atoms in total. The molecule has 0 bridgehead atoms. The molecular formula is C18H23N3O3. The summed E-state index contributed by atoms with van der Waals surface area (Å²) >= 11 is 0. The van der Waals surface area contributed by atoms with Crippen molar-refractivity contribution in [1.29, 1.82) is 0 Å². The lowest BCUT2D eigenvalue weighted by Gasteiger charge is -2.36. The van der Waals surface area contributed by atoms with E-state index in [0.29, 0.717) is 12.3 Å². The number of nitrogens with one attached hydrogen (secondary N) is 1. The van der Waals surface area contributed by atoms with Crippen LogP contribution in [-0.4, -0.2) is 56.1 Å². The molecule has 0 fully saturated rings. The fraction of sp³-hybridized carbons (Fsp3) is 0.444. The number of hydrogen-bond acceptors (Lipinski definition) is 4. The van der Waals surface area contributed by atoms with Crippen LogP contribution in [-0.2, 0) is 14.3 Å². The molecule has 6 heteroatoms. The van der Waals surface area contributed by atoms with Gasteiger partial charge in [0.2, 0.25) is 11.8 Å². The molecule has 2 heterocycles. The normalized spacial score (nSPS) is 19.3. The van der Waals surface area contributed by atoms with Crippen LogP contribution in [0.2, 0.25) is 0 Å². The first-order chi connectivity index (χ1) is 11.6. The van der Waals surface area contributed by atoms with E-state index in [2.05, 4.69) is 16.3 Å².